The quantitative estimate of drug-likeness (QED) is 0.895. The molecule has 6 heteroatoms. The Morgan fingerprint density at radius 3 is 2.68 bits per heavy atom. The van der Waals surface area contributed by atoms with E-state index in [1.54, 1.807) is 31.4 Å². The Kier molecular flexibility index (Phi) is 4.11. The van der Waals surface area contributed by atoms with Crippen LogP contribution in [-0.2, 0) is 0 Å². The van der Waals surface area contributed by atoms with Gasteiger partial charge in [-0.2, -0.15) is 0 Å². The van der Waals surface area contributed by atoms with Gasteiger partial charge in [-0.25, -0.2) is 0 Å². The van der Waals surface area contributed by atoms with Crippen LogP contribution < -0.4 is 15.8 Å². The highest BCUT2D eigenvalue weighted by molar-refractivity contribution is 9.10. The van der Waals surface area contributed by atoms with Gasteiger partial charge in [-0.15, -0.1) is 11.3 Å². The highest BCUT2D eigenvalue weighted by Crippen LogP contribution is 2.29. The van der Waals surface area contributed by atoms with Crippen LogP contribution in [0.3, 0.4) is 0 Å². The molecule has 0 saturated carbocycles. The van der Waals surface area contributed by atoms with Crippen LogP contribution in [0.1, 0.15) is 14.5 Å². The van der Waals surface area contributed by atoms with Crippen LogP contribution in [0.4, 0.5) is 11.4 Å². The Morgan fingerprint density at radius 2 is 2.16 bits per heavy atom. The Bertz CT molecular complexity index is 606. The maximum absolute atomic E-state index is 12.0. The van der Waals surface area contributed by atoms with Gasteiger partial charge in [0, 0.05) is 16.3 Å². The SMILES string of the molecule is COc1ccc(NC(=O)c2cc(N)c(C)s2)cc1Br. The molecule has 0 bridgehead atoms. The van der Waals surface area contributed by atoms with Gasteiger partial charge in [-0.1, -0.05) is 0 Å². The summed E-state index contributed by atoms with van der Waals surface area (Å²) in [6.07, 6.45) is 0. The number of methoxy groups -OCH3 is 1. The molecule has 19 heavy (non-hydrogen) atoms. The highest BCUT2D eigenvalue weighted by atomic mass is 79.9. The molecule has 0 unspecified atom stereocenters. The smallest absolute Gasteiger partial charge is 0.265 e. The zero-order valence-corrected chi connectivity index (χ0v) is 12.9. The molecule has 1 heterocycles. The average molecular weight is 341 g/mol. The number of hydrogen-bond donors (Lipinski definition) is 2. The number of nitrogens with two attached hydrogens (primary N) is 1. The standard InChI is InChI=1S/C13H13BrN2O2S/c1-7-10(15)6-12(19-7)13(17)16-8-3-4-11(18-2)9(14)5-8/h3-6H,15H2,1-2H3,(H,16,17). The van der Waals surface area contributed by atoms with Crippen molar-refractivity contribution < 1.29 is 9.53 Å². The van der Waals surface area contributed by atoms with E-state index in [0.29, 0.717) is 22.0 Å². The van der Waals surface area contributed by atoms with Crippen molar-refractivity contribution in [2.45, 2.75) is 6.92 Å². The maximum atomic E-state index is 12.0. The fourth-order valence-corrected chi connectivity index (χ4v) is 2.92. The summed E-state index contributed by atoms with van der Waals surface area (Å²) in [6, 6.07) is 7.05. The third-order valence-electron chi connectivity index (χ3n) is 2.59. The van der Waals surface area contributed by atoms with E-state index in [1.807, 2.05) is 6.92 Å². The van der Waals surface area contributed by atoms with Crippen LogP contribution in [0.5, 0.6) is 5.75 Å². The molecule has 1 aromatic heterocycles. The van der Waals surface area contributed by atoms with Gasteiger partial charge < -0.3 is 15.8 Å². The number of halogens is 1. The second-order valence-corrected chi connectivity index (χ2v) is 6.04. The second kappa shape index (κ2) is 5.63. The summed E-state index contributed by atoms with van der Waals surface area (Å²) in [6.45, 7) is 1.89. The fraction of sp³-hybridized carbons (Fsp3) is 0.154. The molecule has 2 aromatic rings. The largest absolute Gasteiger partial charge is 0.496 e. The van der Waals surface area contributed by atoms with Crippen molar-refractivity contribution in [3.05, 3.63) is 38.5 Å². The normalized spacial score (nSPS) is 10.3. The number of carbonyl (C=O) groups is 1. The van der Waals surface area contributed by atoms with E-state index in [-0.39, 0.29) is 5.91 Å². The number of rotatable bonds is 3. The molecule has 0 aliphatic carbocycles. The van der Waals surface area contributed by atoms with E-state index >= 15 is 0 Å². The van der Waals surface area contributed by atoms with E-state index in [4.69, 9.17) is 10.5 Å². The molecule has 4 nitrogen and oxygen atoms in total. The van der Waals surface area contributed by atoms with Crippen LogP contribution >= 0.6 is 27.3 Å². The Hall–Kier alpha value is -1.53. The van der Waals surface area contributed by atoms with Crippen molar-refractivity contribution in [3.63, 3.8) is 0 Å². The number of amides is 1. The fourth-order valence-electron chi connectivity index (χ4n) is 1.54. The van der Waals surface area contributed by atoms with Crippen molar-refractivity contribution >= 4 is 44.5 Å². The first-order valence-corrected chi connectivity index (χ1v) is 7.13. The molecule has 0 spiro atoms. The molecule has 0 radical (unpaired) electrons. The predicted molar refractivity (Wildman–Crippen MR) is 82.1 cm³/mol. The summed E-state index contributed by atoms with van der Waals surface area (Å²) in [5.74, 6) is 0.552. The molecule has 100 valence electrons. The summed E-state index contributed by atoms with van der Waals surface area (Å²) >= 11 is 4.76. The molecular weight excluding hydrogens is 328 g/mol. The zero-order chi connectivity index (χ0) is 14.0. The molecule has 2 rings (SSSR count). The number of thiophene rings is 1. The molecule has 0 aliphatic heterocycles. The molecule has 0 saturated heterocycles. The van der Waals surface area contributed by atoms with Crippen LogP contribution in [0.25, 0.3) is 0 Å². The van der Waals surface area contributed by atoms with Gasteiger partial charge in [0.15, 0.2) is 0 Å². The van der Waals surface area contributed by atoms with Crippen LogP contribution in [0, 0.1) is 6.92 Å². The van der Waals surface area contributed by atoms with Crippen molar-refractivity contribution in [3.8, 4) is 5.75 Å². The van der Waals surface area contributed by atoms with Gasteiger partial charge in [-0.3, -0.25) is 4.79 Å². The van der Waals surface area contributed by atoms with Crippen molar-refractivity contribution in [1.82, 2.24) is 0 Å². The number of anilines is 2. The van der Waals surface area contributed by atoms with Crippen LogP contribution in [0.15, 0.2) is 28.7 Å². The minimum atomic E-state index is -0.165. The first kappa shape index (κ1) is 13.9. The minimum Gasteiger partial charge on any atom is -0.496 e. The predicted octanol–water partition coefficient (Wildman–Crippen LogP) is 3.66. The summed E-state index contributed by atoms with van der Waals surface area (Å²) in [7, 11) is 1.59. The summed E-state index contributed by atoms with van der Waals surface area (Å²) < 4.78 is 5.92. The Balaban J connectivity index is 2.17. The molecule has 0 atom stereocenters. The van der Waals surface area contributed by atoms with Gasteiger partial charge >= 0.3 is 0 Å². The van der Waals surface area contributed by atoms with Gasteiger partial charge in [0.05, 0.1) is 16.5 Å². The lowest BCUT2D eigenvalue weighted by atomic mass is 10.3. The van der Waals surface area contributed by atoms with Crippen molar-refractivity contribution in [1.29, 1.82) is 0 Å². The molecule has 3 N–H and O–H groups in total. The zero-order valence-electron chi connectivity index (χ0n) is 10.5. The number of nitrogens with one attached hydrogen (secondary N) is 1. The molecule has 1 aromatic carbocycles. The molecular formula is C13H13BrN2O2S. The lowest BCUT2D eigenvalue weighted by Crippen LogP contribution is -2.10. The number of carbonyl (C=O) groups excluding carboxylic acids is 1. The van der Waals surface area contributed by atoms with Gasteiger partial charge in [-0.05, 0) is 47.1 Å². The van der Waals surface area contributed by atoms with E-state index in [2.05, 4.69) is 21.2 Å². The molecule has 0 fully saturated rings. The molecule has 0 aliphatic rings. The van der Waals surface area contributed by atoms with E-state index in [9.17, 15) is 4.79 Å². The lowest BCUT2D eigenvalue weighted by Gasteiger charge is -2.07. The second-order valence-electron chi connectivity index (χ2n) is 3.93. The Labute approximate surface area is 123 Å². The number of benzene rings is 1. The number of nitrogen functional groups attached to an aromatic ring is 1. The average Bonchev–Trinajstić information content (AvgIpc) is 2.70. The first-order chi connectivity index (χ1) is 9.01. The summed E-state index contributed by atoms with van der Waals surface area (Å²) in [5.41, 5.74) is 7.08. The Morgan fingerprint density at radius 1 is 1.42 bits per heavy atom. The monoisotopic (exact) mass is 340 g/mol. The molecule has 1 amide bonds. The van der Waals surface area contributed by atoms with E-state index in [1.165, 1.54) is 11.3 Å². The van der Waals surface area contributed by atoms with Gasteiger partial charge in [0.2, 0.25) is 0 Å². The van der Waals surface area contributed by atoms with Crippen molar-refractivity contribution in [2.75, 3.05) is 18.2 Å². The number of ether oxygens (including phenoxy) is 1. The number of aryl methyl sites for hydroxylation is 1. The van der Waals surface area contributed by atoms with Gasteiger partial charge in [0.25, 0.3) is 5.91 Å². The lowest BCUT2D eigenvalue weighted by molar-refractivity contribution is 0.103. The van der Waals surface area contributed by atoms with Crippen LogP contribution in [0.2, 0.25) is 0 Å². The third kappa shape index (κ3) is 3.08. The first-order valence-electron chi connectivity index (χ1n) is 5.52. The summed E-state index contributed by atoms with van der Waals surface area (Å²) in [5, 5.41) is 2.82. The number of hydrogen-bond acceptors (Lipinski definition) is 4. The van der Waals surface area contributed by atoms with E-state index < -0.39 is 0 Å². The highest BCUT2D eigenvalue weighted by Gasteiger charge is 2.12. The minimum absolute atomic E-state index is 0.165. The maximum Gasteiger partial charge on any atom is 0.265 e. The summed E-state index contributed by atoms with van der Waals surface area (Å²) in [4.78, 5) is 13.6. The van der Waals surface area contributed by atoms with Crippen molar-refractivity contribution in [2.24, 2.45) is 0 Å². The van der Waals surface area contributed by atoms with Gasteiger partial charge in [0.1, 0.15) is 5.75 Å². The topological polar surface area (TPSA) is 64.3 Å². The third-order valence-corrected chi connectivity index (χ3v) is 4.27. The van der Waals surface area contributed by atoms with E-state index in [0.717, 1.165) is 9.35 Å². The van der Waals surface area contributed by atoms with Crippen LogP contribution in [-0.4, -0.2) is 13.0 Å².